The van der Waals surface area contributed by atoms with Crippen LogP contribution in [-0.4, -0.2) is 35.2 Å². The summed E-state index contributed by atoms with van der Waals surface area (Å²) in [6, 6.07) is 7.88. The van der Waals surface area contributed by atoms with E-state index in [0.717, 1.165) is 30.8 Å². The van der Waals surface area contributed by atoms with Crippen LogP contribution >= 0.6 is 23.4 Å². The highest BCUT2D eigenvalue weighted by Gasteiger charge is 2.28. The number of carbonyl (C=O) groups is 1. The summed E-state index contributed by atoms with van der Waals surface area (Å²) in [6.45, 7) is 5.64. The van der Waals surface area contributed by atoms with Gasteiger partial charge in [-0.1, -0.05) is 23.7 Å². The number of likely N-dealkylation sites (tertiary alicyclic amines) is 1. The molecule has 1 heterocycles. The van der Waals surface area contributed by atoms with E-state index < -0.39 is 0 Å². The van der Waals surface area contributed by atoms with Crippen molar-refractivity contribution in [3.8, 4) is 0 Å². The van der Waals surface area contributed by atoms with Gasteiger partial charge in [0.2, 0.25) is 5.91 Å². The molecule has 1 aliphatic rings. The predicted octanol–water partition coefficient (Wildman–Crippen LogP) is 3.41. The number of piperidine rings is 1. The van der Waals surface area contributed by atoms with Crippen molar-refractivity contribution in [2.75, 3.05) is 13.1 Å². The number of hydrogen-bond donors (Lipinski definition) is 1. The van der Waals surface area contributed by atoms with Crippen LogP contribution in [0.3, 0.4) is 0 Å². The highest BCUT2D eigenvalue weighted by atomic mass is 35.5. The van der Waals surface area contributed by atoms with Crippen LogP contribution in [0.4, 0.5) is 0 Å². The minimum Gasteiger partial charge on any atom is -0.342 e. The van der Waals surface area contributed by atoms with Gasteiger partial charge in [0.05, 0.1) is 10.3 Å². The van der Waals surface area contributed by atoms with E-state index in [9.17, 15) is 4.79 Å². The normalized spacial score (nSPS) is 19.3. The second-order valence-corrected chi connectivity index (χ2v) is 7.50. The van der Waals surface area contributed by atoms with Crippen LogP contribution < -0.4 is 5.73 Å². The maximum absolute atomic E-state index is 12.5. The summed E-state index contributed by atoms with van der Waals surface area (Å²) in [5.41, 5.74) is 5.95. The summed E-state index contributed by atoms with van der Waals surface area (Å²) in [4.78, 5) is 15.5. The molecule has 0 bridgehead atoms. The van der Waals surface area contributed by atoms with Gasteiger partial charge in [-0.2, -0.15) is 0 Å². The fourth-order valence-electron chi connectivity index (χ4n) is 2.68. The van der Waals surface area contributed by atoms with Gasteiger partial charge in [-0.15, -0.1) is 11.8 Å². The van der Waals surface area contributed by atoms with Crippen molar-refractivity contribution >= 4 is 29.3 Å². The molecule has 0 saturated carbocycles. The van der Waals surface area contributed by atoms with Crippen LogP contribution in [-0.2, 0) is 4.79 Å². The molecule has 5 heteroatoms. The lowest BCUT2D eigenvalue weighted by molar-refractivity contribution is -0.131. The lowest BCUT2D eigenvalue weighted by atomic mass is 9.91. The van der Waals surface area contributed by atoms with E-state index in [4.69, 9.17) is 17.3 Å². The quantitative estimate of drug-likeness (QED) is 0.862. The summed E-state index contributed by atoms with van der Waals surface area (Å²) in [6.07, 6.45) is 2.01. The molecule has 0 aliphatic carbocycles. The van der Waals surface area contributed by atoms with Gasteiger partial charge < -0.3 is 10.6 Å². The van der Waals surface area contributed by atoms with Crippen molar-refractivity contribution in [1.29, 1.82) is 0 Å². The van der Waals surface area contributed by atoms with Gasteiger partial charge in [-0.05, 0) is 44.7 Å². The molecule has 0 radical (unpaired) electrons. The molecule has 1 saturated heterocycles. The summed E-state index contributed by atoms with van der Waals surface area (Å²) in [7, 11) is 0. The number of rotatable bonds is 4. The lowest BCUT2D eigenvalue weighted by Gasteiger charge is -2.35. The maximum Gasteiger partial charge on any atom is 0.235 e. The molecular weight excluding hydrogens is 304 g/mol. The number of thioether (sulfide) groups is 1. The van der Waals surface area contributed by atoms with Crippen LogP contribution in [0.15, 0.2) is 29.2 Å². The predicted molar refractivity (Wildman–Crippen MR) is 89.7 cm³/mol. The maximum atomic E-state index is 12.5. The van der Waals surface area contributed by atoms with Crippen molar-refractivity contribution in [1.82, 2.24) is 4.90 Å². The molecule has 1 aromatic rings. The number of nitrogens with two attached hydrogens (primary N) is 1. The van der Waals surface area contributed by atoms with Gasteiger partial charge in [0.1, 0.15) is 0 Å². The highest BCUT2D eigenvalue weighted by Crippen LogP contribution is 2.31. The highest BCUT2D eigenvalue weighted by molar-refractivity contribution is 8.00. The number of benzene rings is 1. The van der Waals surface area contributed by atoms with E-state index in [2.05, 4.69) is 6.92 Å². The first-order valence-electron chi connectivity index (χ1n) is 7.44. The number of halogens is 1. The topological polar surface area (TPSA) is 46.3 Å². The molecule has 2 unspecified atom stereocenters. The Morgan fingerprint density at radius 3 is 2.52 bits per heavy atom. The Bertz CT molecular complexity index is 487. The molecule has 2 rings (SSSR count). The van der Waals surface area contributed by atoms with Crippen molar-refractivity contribution in [3.63, 3.8) is 0 Å². The van der Waals surface area contributed by atoms with Crippen molar-refractivity contribution < 1.29 is 4.79 Å². The molecule has 1 amide bonds. The average Bonchev–Trinajstić information content (AvgIpc) is 2.49. The van der Waals surface area contributed by atoms with Crippen molar-refractivity contribution in [2.45, 2.75) is 42.9 Å². The standard InChI is InChI=1S/C16H23ClN2OS/c1-11(18)13-7-9-19(10-8-13)16(20)12(2)21-15-6-4-3-5-14(15)17/h3-6,11-13H,7-10,18H2,1-2H3. The Morgan fingerprint density at radius 1 is 1.33 bits per heavy atom. The van der Waals surface area contributed by atoms with Gasteiger partial charge in [0.15, 0.2) is 0 Å². The third-order valence-corrected chi connectivity index (χ3v) is 5.69. The minimum atomic E-state index is -0.114. The van der Waals surface area contributed by atoms with E-state index in [1.807, 2.05) is 36.1 Å². The van der Waals surface area contributed by atoms with E-state index in [1.165, 1.54) is 11.8 Å². The van der Waals surface area contributed by atoms with E-state index in [0.29, 0.717) is 10.9 Å². The van der Waals surface area contributed by atoms with Crippen molar-refractivity contribution in [3.05, 3.63) is 29.3 Å². The smallest absolute Gasteiger partial charge is 0.235 e. The zero-order chi connectivity index (χ0) is 15.4. The molecule has 2 N–H and O–H groups in total. The molecule has 1 aliphatic heterocycles. The lowest BCUT2D eigenvalue weighted by Crippen LogP contribution is -2.45. The first kappa shape index (κ1) is 16.7. The van der Waals surface area contributed by atoms with Gasteiger partial charge in [0.25, 0.3) is 0 Å². The van der Waals surface area contributed by atoms with Crippen LogP contribution in [0.5, 0.6) is 0 Å². The second-order valence-electron chi connectivity index (χ2n) is 5.71. The van der Waals surface area contributed by atoms with Crippen LogP contribution in [0.25, 0.3) is 0 Å². The van der Waals surface area contributed by atoms with Crippen LogP contribution in [0, 0.1) is 5.92 Å². The van der Waals surface area contributed by atoms with Crippen molar-refractivity contribution in [2.24, 2.45) is 11.7 Å². The first-order chi connectivity index (χ1) is 9.99. The number of nitrogens with zero attached hydrogens (tertiary/aromatic N) is 1. The number of carbonyl (C=O) groups excluding carboxylic acids is 1. The van der Waals surface area contributed by atoms with Gasteiger partial charge in [0, 0.05) is 24.0 Å². The Labute approximate surface area is 136 Å². The molecule has 2 atom stereocenters. The largest absolute Gasteiger partial charge is 0.342 e. The summed E-state index contributed by atoms with van der Waals surface area (Å²) in [5.74, 6) is 0.739. The molecule has 0 spiro atoms. The molecule has 1 aromatic carbocycles. The first-order valence-corrected chi connectivity index (χ1v) is 8.70. The molecular formula is C16H23ClN2OS. The molecule has 21 heavy (non-hydrogen) atoms. The van der Waals surface area contributed by atoms with Gasteiger partial charge in [-0.25, -0.2) is 0 Å². The Morgan fingerprint density at radius 2 is 1.95 bits per heavy atom. The van der Waals surface area contributed by atoms with Crippen LogP contribution in [0.2, 0.25) is 5.02 Å². The summed E-state index contributed by atoms with van der Waals surface area (Å²) < 4.78 is 0. The molecule has 1 fully saturated rings. The SMILES string of the molecule is CC(Sc1ccccc1Cl)C(=O)N1CCC(C(C)N)CC1. The number of hydrogen-bond acceptors (Lipinski definition) is 3. The van der Waals surface area contributed by atoms with E-state index >= 15 is 0 Å². The zero-order valence-electron chi connectivity index (χ0n) is 12.6. The van der Waals surface area contributed by atoms with E-state index in [1.54, 1.807) is 0 Å². The minimum absolute atomic E-state index is 0.114. The number of amides is 1. The molecule has 0 aromatic heterocycles. The van der Waals surface area contributed by atoms with Gasteiger partial charge in [-0.3, -0.25) is 4.79 Å². The average molecular weight is 327 g/mol. The molecule has 3 nitrogen and oxygen atoms in total. The summed E-state index contributed by atoms with van der Waals surface area (Å²) >= 11 is 7.68. The van der Waals surface area contributed by atoms with Crippen LogP contribution in [0.1, 0.15) is 26.7 Å². The Hall–Kier alpha value is -0.710. The second kappa shape index (κ2) is 7.52. The van der Waals surface area contributed by atoms with E-state index in [-0.39, 0.29) is 17.2 Å². The third kappa shape index (κ3) is 4.38. The monoisotopic (exact) mass is 326 g/mol. The molecule has 116 valence electrons. The Kier molecular flexibility index (Phi) is 5.97. The zero-order valence-corrected chi connectivity index (χ0v) is 14.2. The third-order valence-electron chi connectivity index (χ3n) is 4.08. The van der Waals surface area contributed by atoms with Gasteiger partial charge >= 0.3 is 0 Å². The fraction of sp³-hybridized carbons (Fsp3) is 0.562. The Balaban J connectivity index is 1.90. The summed E-state index contributed by atoms with van der Waals surface area (Å²) in [5, 5.41) is 0.592. The fourth-order valence-corrected chi connectivity index (χ4v) is 3.92.